The van der Waals surface area contributed by atoms with Gasteiger partial charge >= 0.3 is 0 Å². The van der Waals surface area contributed by atoms with Crippen LogP contribution in [-0.2, 0) is 6.42 Å². The van der Waals surface area contributed by atoms with Crippen molar-refractivity contribution in [2.75, 3.05) is 0 Å². The van der Waals surface area contributed by atoms with Crippen molar-refractivity contribution in [3.63, 3.8) is 0 Å². The van der Waals surface area contributed by atoms with Gasteiger partial charge in [0.05, 0.1) is 11.9 Å². The summed E-state index contributed by atoms with van der Waals surface area (Å²) in [7, 11) is 0. The van der Waals surface area contributed by atoms with Gasteiger partial charge in [0.25, 0.3) is 0 Å². The van der Waals surface area contributed by atoms with Gasteiger partial charge in [0, 0.05) is 11.1 Å². The second kappa shape index (κ2) is 3.91. The van der Waals surface area contributed by atoms with E-state index in [0.717, 1.165) is 5.56 Å². The molecule has 1 aromatic rings. The fraction of sp³-hybridized carbons (Fsp3) is 0.200. The van der Waals surface area contributed by atoms with E-state index in [0.29, 0.717) is 6.42 Å². The molecule has 1 aromatic carbocycles. The van der Waals surface area contributed by atoms with Crippen LogP contribution in [0.15, 0.2) is 18.2 Å². The number of rotatable bonds is 3. The highest BCUT2D eigenvalue weighted by atomic mass is 16.4. The monoisotopic (exact) mass is 192 g/mol. The van der Waals surface area contributed by atoms with Gasteiger partial charge < -0.3 is 19.8 Å². The molecule has 0 amide bonds. The lowest BCUT2D eigenvalue weighted by Gasteiger charge is -2.12. The Morgan fingerprint density at radius 1 is 1.14 bits per heavy atom. The van der Waals surface area contributed by atoms with Crippen molar-refractivity contribution in [3.8, 4) is 0 Å². The number of benzene rings is 1. The maximum Gasteiger partial charge on any atom is 0.0722 e. The highest BCUT2D eigenvalue weighted by molar-refractivity contribution is 6.00. The summed E-state index contributed by atoms with van der Waals surface area (Å²) in [5.41, 5.74) is 0.0701. The third kappa shape index (κ3) is 1.90. The Kier molecular flexibility index (Phi) is 2.86. The summed E-state index contributed by atoms with van der Waals surface area (Å²) in [5, 5.41) is 21.1. The smallest absolute Gasteiger partial charge is 0.0722 e. The third-order valence-electron chi connectivity index (χ3n) is 1.93. The zero-order valence-corrected chi connectivity index (χ0v) is 7.57. The maximum absolute atomic E-state index is 10.6. The maximum atomic E-state index is 10.6. The molecule has 0 fully saturated rings. The third-order valence-corrected chi connectivity index (χ3v) is 1.93. The standard InChI is InChI=1S/C10H10O4/c1-2-6-3-4-7(9(11)12)8(5-6)10(13)14/h3-5H,2H2,1H3,(H,11,12)(H,13,14)/p-2. The van der Waals surface area contributed by atoms with E-state index in [9.17, 15) is 19.8 Å². The summed E-state index contributed by atoms with van der Waals surface area (Å²) >= 11 is 0. The summed E-state index contributed by atoms with van der Waals surface area (Å²) in [6.45, 7) is 1.84. The van der Waals surface area contributed by atoms with Crippen molar-refractivity contribution in [3.05, 3.63) is 34.9 Å². The van der Waals surface area contributed by atoms with Crippen molar-refractivity contribution in [1.29, 1.82) is 0 Å². The summed E-state index contributed by atoms with van der Waals surface area (Å²) in [6.07, 6.45) is 0.633. The second-order valence-corrected chi connectivity index (χ2v) is 2.81. The van der Waals surface area contributed by atoms with E-state index in [-0.39, 0.29) is 11.1 Å². The number of hydrogen-bond donors (Lipinski definition) is 0. The summed E-state index contributed by atoms with van der Waals surface area (Å²) in [6, 6.07) is 4.07. The fourth-order valence-corrected chi connectivity index (χ4v) is 1.16. The zero-order chi connectivity index (χ0) is 10.7. The van der Waals surface area contributed by atoms with Gasteiger partial charge in [0.2, 0.25) is 0 Å². The van der Waals surface area contributed by atoms with Crippen LogP contribution in [0.25, 0.3) is 0 Å². The fourth-order valence-electron chi connectivity index (χ4n) is 1.16. The largest absolute Gasteiger partial charge is 0.545 e. The van der Waals surface area contributed by atoms with Crippen LogP contribution in [0.2, 0.25) is 0 Å². The molecule has 0 spiro atoms. The van der Waals surface area contributed by atoms with Crippen molar-refractivity contribution in [2.45, 2.75) is 13.3 Å². The van der Waals surface area contributed by atoms with Gasteiger partial charge in [-0.15, -0.1) is 0 Å². The van der Waals surface area contributed by atoms with Crippen molar-refractivity contribution < 1.29 is 19.8 Å². The number of carboxylic acid groups (broad SMARTS) is 2. The first kappa shape index (κ1) is 10.2. The molecule has 0 atom stereocenters. The molecular weight excluding hydrogens is 184 g/mol. The topological polar surface area (TPSA) is 80.3 Å². The molecule has 0 saturated carbocycles. The number of aryl methyl sites for hydroxylation is 1. The SMILES string of the molecule is CCc1ccc(C(=O)[O-])c(C(=O)[O-])c1. The van der Waals surface area contributed by atoms with Crippen molar-refractivity contribution >= 4 is 11.9 Å². The Morgan fingerprint density at radius 2 is 1.71 bits per heavy atom. The van der Waals surface area contributed by atoms with Gasteiger partial charge in [-0.1, -0.05) is 19.1 Å². The van der Waals surface area contributed by atoms with E-state index in [2.05, 4.69) is 0 Å². The van der Waals surface area contributed by atoms with Crippen LogP contribution in [0.4, 0.5) is 0 Å². The predicted octanol–water partition coefficient (Wildman–Crippen LogP) is -1.02. The van der Waals surface area contributed by atoms with Crippen LogP contribution in [-0.4, -0.2) is 11.9 Å². The molecule has 0 aromatic heterocycles. The minimum atomic E-state index is -1.51. The van der Waals surface area contributed by atoms with Crippen LogP contribution in [0.1, 0.15) is 33.2 Å². The second-order valence-electron chi connectivity index (χ2n) is 2.81. The number of carboxylic acids is 2. The average Bonchev–Trinajstić information content (AvgIpc) is 2.16. The number of aromatic carboxylic acids is 2. The summed E-state index contributed by atoms with van der Waals surface area (Å²) in [4.78, 5) is 21.1. The highest BCUT2D eigenvalue weighted by Gasteiger charge is 2.04. The van der Waals surface area contributed by atoms with Gasteiger partial charge in [0.1, 0.15) is 0 Å². The molecule has 0 N–H and O–H groups in total. The zero-order valence-electron chi connectivity index (χ0n) is 7.57. The van der Waals surface area contributed by atoms with Gasteiger partial charge in [-0.05, 0) is 18.1 Å². The molecule has 14 heavy (non-hydrogen) atoms. The number of carbonyl (C=O) groups is 2. The molecule has 0 unspecified atom stereocenters. The average molecular weight is 192 g/mol. The van der Waals surface area contributed by atoms with E-state index in [1.807, 2.05) is 6.92 Å². The van der Waals surface area contributed by atoms with Gasteiger partial charge in [-0.25, -0.2) is 0 Å². The lowest BCUT2D eigenvalue weighted by atomic mass is 10.0. The molecule has 0 heterocycles. The number of carbonyl (C=O) groups excluding carboxylic acids is 2. The molecule has 0 aliphatic rings. The van der Waals surface area contributed by atoms with E-state index in [1.54, 1.807) is 6.07 Å². The van der Waals surface area contributed by atoms with Crippen LogP contribution >= 0.6 is 0 Å². The first-order valence-corrected chi connectivity index (χ1v) is 4.12. The predicted molar refractivity (Wildman–Crippen MR) is 44.5 cm³/mol. The van der Waals surface area contributed by atoms with Gasteiger partial charge in [-0.3, -0.25) is 0 Å². The molecule has 1 rings (SSSR count). The molecule has 0 saturated heterocycles. The Hall–Kier alpha value is -1.84. The van der Waals surface area contributed by atoms with Crippen LogP contribution in [0.3, 0.4) is 0 Å². The van der Waals surface area contributed by atoms with Gasteiger partial charge in [-0.2, -0.15) is 0 Å². The molecule has 4 heteroatoms. The summed E-state index contributed by atoms with van der Waals surface area (Å²) in [5.74, 6) is -3.01. The summed E-state index contributed by atoms with van der Waals surface area (Å²) < 4.78 is 0. The van der Waals surface area contributed by atoms with E-state index >= 15 is 0 Å². The lowest BCUT2D eigenvalue weighted by Crippen LogP contribution is -2.30. The molecule has 0 radical (unpaired) electrons. The molecule has 4 nitrogen and oxygen atoms in total. The minimum absolute atomic E-state index is 0.329. The van der Waals surface area contributed by atoms with Crippen LogP contribution < -0.4 is 10.2 Å². The molecule has 0 aliphatic heterocycles. The molecule has 74 valence electrons. The Balaban J connectivity index is 3.31. The Morgan fingerprint density at radius 3 is 2.14 bits per heavy atom. The Labute approximate surface area is 80.8 Å². The van der Waals surface area contributed by atoms with Crippen molar-refractivity contribution in [2.24, 2.45) is 0 Å². The quantitative estimate of drug-likeness (QED) is 0.613. The van der Waals surface area contributed by atoms with Crippen LogP contribution in [0.5, 0.6) is 0 Å². The normalized spacial score (nSPS) is 9.79. The molecular formula is C10H8O4-2. The van der Waals surface area contributed by atoms with Crippen molar-refractivity contribution in [1.82, 2.24) is 0 Å². The first-order chi connectivity index (χ1) is 6.56. The van der Waals surface area contributed by atoms with Crippen LogP contribution in [0, 0.1) is 0 Å². The van der Waals surface area contributed by atoms with E-state index in [1.165, 1.54) is 12.1 Å². The molecule has 0 aliphatic carbocycles. The highest BCUT2D eigenvalue weighted by Crippen LogP contribution is 2.11. The minimum Gasteiger partial charge on any atom is -0.545 e. The number of hydrogen-bond acceptors (Lipinski definition) is 4. The van der Waals surface area contributed by atoms with E-state index in [4.69, 9.17) is 0 Å². The first-order valence-electron chi connectivity index (χ1n) is 4.12. The Bertz CT molecular complexity index is 382. The lowest BCUT2D eigenvalue weighted by molar-refractivity contribution is -0.259. The molecule has 0 bridgehead atoms. The van der Waals surface area contributed by atoms with E-state index < -0.39 is 11.9 Å². The van der Waals surface area contributed by atoms with Gasteiger partial charge in [0.15, 0.2) is 0 Å².